The van der Waals surface area contributed by atoms with Crippen molar-refractivity contribution < 1.29 is 4.42 Å². The molecule has 7 aromatic carbocycles. The van der Waals surface area contributed by atoms with E-state index in [2.05, 4.69) is 164 Å². The maximum absolute atomic E-state index is 6.57. The van der Waals surface area contributed by atoms with Crippen LogP contribution in [0.25, 0.3) is 98.0 Å². The summed E-state index contributed by atoms with van der Waals surface area (Å²) in [7, 11) is 0. The number of furan rings is 1. The molecule has 0 bridgehead atoms. The third kappa shape index (κ3) is 4.73. The van der Waals surface area contributed by atoms with Crippen LogP contribution < -0.4 is 0 Å². The molecule has 3 heterocycles. The van der Waals surface area contributed by atoms with Crippen LogP contribution in [0, 0.1) is 0 Å². The van der Waals surface area contributed by atoms with Crippen molar-refractivity contribution in [3.8, 4) is 55.8 Å². The van der Waals surface area contributed by atoms with E-state index in [0.29, 0.717) is 5.58 Å². The summed E-state index contributed by atoms with van der Waals surface area (Å²) in [5, 5.41) is 3.56. The zero-order valence-electron chi connectivity index (χ0n) is 26.9. The van der Waals surface area contributed by atoms with Gasteiger partial charge in [-0.2, -0.15) is 0 Å². The van der Waals surface area contributed by atoms with Crippen LogP contribution in [-0.2, 0) is 0 Å². The number of benzene rings is 7. The Morgan fingerprint density at radius 3 is 2.00 bits per heavy atom. The average Bonchev–Trinajstić information content (AvgIpc) is 3.77. The molecule has 234 valence electrons. The summed E-state index contributed by atoms with van der Waals surface area (Å²) in [6.07, 6.45) is 1.66. The highest BCUT2D eigenvalue weighted by Gasteiger charge is 2.18. The number of rotatable bonds is 5. The van der Waals surface area contributed by atoms with Crippen molar-refractivity contribution in [1.29, 1.82) is 0 Å². The van der Waals surface area contributed by atoms with Crippen LogP contribution >= 0.6 is 11.3 Å². The molecule has 0 saturated carbocycles. The second kappa shape index (κ2) is 11.7. The average molecular weight is 657 g/mol. The molecule has 0 N–H and O–H groups in total. The van der Waals surface area contributed by atoms with Gasteiger partial charge in [-0.3, -0.25) is 0 Å². The Morgan fingerprint density at radius 1 is 0.420 bits per heavy atom. The second-order valence-electron chi connectivity index (χ2n) is 12.6. The smallest absolute Gasteiger partial charge is 0.180 e. The standard InChI is InChI=1S/C46H28N2OS/c1-3-11-29(12-4-1)31-21-23-35(30-13-5-2-6-14-30)39(26-31)33-22-24-41-40(27-33)44-45(49-41)43(47-28-48-44)34-16-9-15-32(25-34)36-18-10-19-38-37-17-7-8-20-42(37)50-46(36)38/h1-28H. The molecular formula is C46H28N2OS. The van der Waals surface area contributed by atoms with Crippen LogP contribution in [-0.4, -0.2) is 9.97 Å². The van der Waals surface area contributed by atoms with Crippen molar-refractivity contribution in [1.82, 2.24) is 9.97 Å². The fraction of sp³-hybridized carbons (Fsp3) is 0. The third-order valence-electron chi connectivity index (χ3n) is 9.62. The number of nitrogens with zero attached hydrogens (tertiary/aromatic N) is 2. The molecule has 0 radical (unpaired) electrons. The number of hydrogen-bond donors (Lipinski definition) is 0. The van der Waals surface area contributed by atoms with Gasteiger partial charge >= 0.3 is 0 Å². The summed E-state index contributed by atoms with van der Waals surface area (Å²) >= 11 is 1.84. The van der Waals surface area contributed by atoms with Crippen LogP contribution in [0.2, 0.25) is 0 Å². The van der Waals surface area contributed by atoms with Crippen molar-refractivity contribution in [2.45, 2.75) is 0 Å². The van der Waals surface area contributed by atoms with Gasteiger partial charge in [-0.25, -0.2) is 9.97 Å². The number of aromatic nitrogens is 2. The van der Waals surface area contributed by atoms with Gasteiger partial charge in [0.25, 0.3) is 0 Å². The highest BCUT2D eigenvalue weighted by atomic mass is 32.1. The first-order chi connectivity index (χ1) is 24.8. The number of hydrogen-bond acceptors (Lipinski definition) is 4. The Kier molecular flexibility index (Phi) is 6.68. The number of fused-ring (bicyclic) bond motifs is 6. The molecule has 10 rings (SSSR count). The third-order valence-corrected chi connectivity index (χ3v) is 10.8. The van der Waals surface area contributed by atoms with Crippen molar-refractivity contribution in [3.05, 3.63) is 170 Å². The summed E-state index contributed by atoms with van der Waals surface area (Å²) in [6.45, 7) is 0. The first-order valence-electron chi connectivity index (χ1n) is 16.7. The molecular weight excluding hydrogens is 629 g/mol. The fourth-order valence-electron chi connectivity index (χ4n) is 7.22. The predicted octanol–water partition coefficient (Wildman–Crippen LogP) is 13.1. The van der Waals surface area contributed by atoms with Gasteiger partial charge < -0.3 is 4.42 Å². The molecule has 0 amide bonds. The van der Waals surface area contributed by atoms with Gasteiger partial charge in [0, 0.05) is 31.1 Å². The van der Waals surface area contributed by atoms with E-state index in [1.54, 1.807) is 6.33 Å². The summed E-state index contributed by atoms with van der Waals surface area (Å²) in [5.41, 5.74) is 13.4. The lowest BCUT2D eigenvalue weighted by atomic mass is 9.90. The molecule has 0 spiro atoms. The zero-order valence-corrected chi connectivity index (χ0v) is 27.7. The lowest BCUT2D eigenvalue weighted by Crippen LogP contribution is -1.89. The largest absolute Gasteiger partial charge is 0.452 e. The fourth-order valence-corrected chi connectivity index (χ4v) is 8.46. The van der Waals surface area contributed by atoms with Crippen molar-refractivity contribution in [3.63, 3.8) is 0 Å². The minimum Gasteiger partial charge on any atom is -0.452 e. The first-order valence-corrected chi connectivity index (χ1v) is 17.5. The minimum absolute atomic E-state index is 0.693. The van der Waals surface area contributed by atoms with E-state index in [4.69, 9.17) is 14.4 Å². The number of thiophene rings is 1. The van der Waals surface area contributed by atoms with Crippen molar-refractivity contribution in [2.24, 2.45) is 0 Å². The maximum atomic E-state index is 6.57. The monoisotopic (exact) mass is 656 g/mol. The summed E-state index contributed by atoms with van der Waals surface area (Å²) < 4.78 is 9.16. The second-order valence-corrected chi connectivity index (χ2v) is 13.6. The Labute approximate surface area is 292 Å². The molecule has 0 aliphatic rings. The highest BCUT2D eigenvalue weighted by Crippen LogP contribution is 2.42. The molecule has 0 aliphatic heterocycles. The molecule has 0 unspecified atom stereocenters. The predicted molar refractivity (Wildman–Crippen MR) is 209 cm³/mol. The van der Waals surface area contributed by atoms with Gasteiger partial charge in [-0.15, -0.1) is 11.3 Å². The Bertz CT molecular complexity index is 2870. The van der Waals surface area contributed by atoms with E-state index in [1.165, 1.54) is 48.0 Å². The minimum atomic E-state index is 0.693. The zero-order chi connectivity index (χ0) is 33.0. The van der Waals surface area contributed by atoms with E-state index >= 15 is 0 Å². The van der Waals surface area contributed by atoms with E-state index in [9.17, 15) is 0 Å². The van der Waals surface area contributed by atoms with E-state index in [-0.39, 0.29) is 0 Å². The first kappa shape index (κ1) is 28.6. The van der Waals surface area contributed by atoms with Crippen LogP contribution in [0.5, 0.6) is 0 Å². The molecule has 0 saturated heterocycles. The lowest BCUT2D eigenvalue weighted by Gasteiger charge is -2.13. The van der Waals surface area contributed by atoms with Crippen LogP contribution in [0.15, 0.2) is 175 Å². The van der Waals surface area contributed by atoms with Gasteiger partial charge in [0.15, 0.2) is 5.58 Å². The molecule has 10 aromatic rings. The van der Waals surface area contributed by atoms with Crippen LogP contribution in [0.3, 0.4) is 0 Å². The van der Waals surface area contributed by atoms with E-state index in [0.717, 1.165) is 44.4 Å². The molecule has 0 aliphatic carbocycles. The molecule has 0 atom stereocenters. The van der Waals surface area contributed by atoms with Gasteiger partial charge in [0.2, 0.25) is 0 Å². The molecule has 3 nitrogen and oxygen atoms in total. The maximum Gasteiger partial charge on any atom is 0.180 e. The highest BCUT2D eigenvalue weighted by molar-refractivity contribution is 7.26. The van der Waals surface area contributed by atoms with Gasteiger partial charge in [-0.1, -0.05) is 133 Å². The van der Waals surface area contributed by atoms with Gasteiger partial charge in [0.05, 0.1) is 0 Å². The summed E-state index contributed by atoms with van der Waals surface area (Å²) in [6, 6.07) is 58.1. The van der Waals surface area contributed by atoms with Crippen LogP contribution in [0.1, 0.15) is 0 Å². The quantitative estimate of drug-likeness (QED) is 0.185. The van der Waals surface area contributed by atoms with Crippen molar-refractivity contribution >= 4 is 53.6 Å². The Hall–Kier alpha value is -6.36. The SMILES string of the molecule is c1ccc(-c2ccc(-c3ccccc3)c(-c3ccc4oc5c(-c6cccc(-c7cccc8c7sc7ccccc78)c6)ncnc5c4c3)c2)cc1. The summed E-state index contributed by atoms with van der Waals surface area (Å²) in [5.74, 6) is 0. The Morgan fingerprint density at radius 2 is 1.12 bits per heavy atom. The van der Waals surface area contributed by atoms with E-state index in [1.807, 2.05) is 11.3 Å². The van der Waals surface area contributed by atoms with Crippen LogP contribution in [0.4, 0.5) is 0 Å². The molecule has 0 fully saturated rings. The molecule has 4 heteroatoms. The van der Waals surface area contributed by atoms with Crippen molar-refractivity contribution in [2.75, 3.05) is 0 Å². The molecule has 50 heavy (non-hydrogen) atoms. The molecule has 3 aromatic heterocycles. The van der Waals surface area contributed by atoms with E-state index < -0.39 is 0 Å². The van der Waals surface area contributed by atoms with Gasteiger partial charge in [-0.05, 0) is 74.8 Å². The summed E-state index contributed by atoms with van der Waals surface area (Å²) in [4.78, 5) is 9.56. The topological polar surface area (TPSA) is 38.9 Å². The Balaban J connectivity index is 1.11. The lowest BCUT2D eigenvalue weighted by molar-refractivity contribution is 0.667. The normalized spacial score (nSPS) is 11.6. The van der Waals surface area contributed by atoms with Gasteiger partial charge in [0.1, 0.15) is 23.1 Å².